The largest absolute Gasteiger partial charge is 0.352 e. The van der Waals surface area contributed by atoms with Crippen molar-refractivity contribution in [2.45, 2.75) is 32.7 Å². The third kappa shape index (κ3) is 1.32. The average Bonchev–Trinajstić information content (AvgIpc) is 2.51. The zero-order chi connectivity index (χ0) is 10.5. The van der Waals surface area contributed by atoms with Crippen LogP contribution < -0.4 is 0 Å². The molecule has 0 amide bonds. The van der Waals surface area contributed by atoms with Crippen LogP contribution in [-0.2, 0) is 15.9 Å². The van der Waals surface area contributed by atoms with Gasteiger partial charge in [0.1, 0.15) is 0 Å². The number of hydrogen-bond donors (Lipinski definition) is 0. The molecule has 0 bridgehead atoms. The van der Waals surface area contributed by atoms with Gasteiger partial charge in [-0.3, -0.25) is 0 Å². The van der Waals surface area contributed by atoms with Crippen LogP contribution in [0.4, 0.5) is 0 Å². The van der Waals surface area contributed by atoms with Gasteiger partial charge in [0.2, 0.25) is 0 Å². The lowest BCUT2D eigenvalue weighted by Crippen LogP contribution is -2.39. The van der Waals surface area contributed by atoms with Gasteiger partial charge in [0, 0.05) is 5.41 Å². The van der Waals surface area contributed by atoms with Crippen molar-refractivity contribution in [1.82, 2.24) is 0 Å². The van der Waals surface area contributed by atoms with Crippen LogP contribution in [0.2, 0.25) is 0 Å². The van der Waals surface area contributed by atoms with Crippen molar-refractivity contribution in [1.29, 1.82) is 0 Å². The van der Waals surface area contributed by atoms with Gasteiger partial charge in [-0.05, 0) is 24.5 Å². The molecule has 1 saturated heterocycles. The first kappa shape index (κ1) is 9.37. The van der Waals surface area contributed by atoms with Gasteiger partial charge >= 0.3 is 0 Å². The standard InChI is InChI=1S/C13H16O2/c1-9-14-8-13(2)7-10-5-3-4-6-11(10)12(13)15-9/h3-6,9,12H,7-8H2,1-2H3. The second-order valence-corrected chi connectivity index (χ2v) is 4.92. The third-order valence-corrected chi connectivity index (χ3v) is 3.54. The summed E-state index contributed by atoms with van der Waals surface area (Å²) in [6, 6.07) is 8.58. The molecule has 0 spiro atoms. The molecule has 0 N–H and O–H groups in total. The van der Waals surface area contributed by atoms with E-state index in [-0.39, 0.29) is 17.8 Å². The highest BCUT2D eigenvalue weighted by Gasteiger charge is 2.47. The summed E-state index contributed by atoms with van der Waals surface area (Å²) in [5.41, 5.74) is 2.91. The Morgan fingerprint density at radius 1 is 1.33 bits per heavy atom. The van der Waals surface area contributed by atoms with Crippen LogP contribution in [0.3, 0.4) is 0 Å². The minimum absolute atomic E-state index is 0.0748. The first-order valence-electron chi connectivity index (χ1n) is 5.54. The molecule has 1 aromatic rings. The van der Waals surface area contributed by atoms with Gasteiger partial charge < -0.3 is 9.47 Å². The summed E-state index contributed by atoms with van der Waals surface area (Å²) in [4.78, 5) is 0. The molecule has 1 fully saturated rings. The summed E-state index contributed by atoms with van der Waals surface area (Å²) in [5, 5.41) is 0. The van der Waals surface area contributed by atoms with Crippen molar-refractivity contribution in [3.05, 3.63) is 35.4 Å². The van der Waals surface area contributed by atoms with E-state index in [9.17, 15) is 0 Å². The van der Waals surface area contributed by atoms with Crippen molar-refractivity contribution in [2.75, 3.05) is 6.61 Å². The minimum atomic E-state index is -0.0748. The molecule has 0 aromatic heterocycles. The quantitative estimate of drug-likeness (QED) is 0.647. The molecule has 0 radical (unpaired) electrons. The Balaban J connectivity index is 2.03. The van der Waals surface area contributed by atoms with E-state index in [1.807, 2.05) is 6.92 Å². The highest BCUT2D eigenvalue weighted by atomic mass is 16.7. The Morgan fingerprint density at radius 2 is 2.13 bits per heavy atom. The van der Waals surface area contributed by atoms with Gasteiger partial charge in [-0.25, -0.2) is 0 Å². The smallest absolute Gasteiger partial charge is 0.155 e. The molecule has 2 aliphatic rings. The van der Waals surface area contributed by atoms with Gasteiger partial charge in [0.15, 0.2) is 6.29 Å². The normalized spacial score (nSPS) is 38.5. The fourth-order valence-electron chi connectivity index (χ4n) is 2.76. The molecule has 1 aromatic carbocycles. The number of ether oxygens (including phenoxy) is 2. The first-order chi connectivity index (χ1) is 7.19. The average molecular weight is 204 g/mol. The minimum Gasteiger partial charge on any atom is -0.352 e. The Bertz CT molecular complexity index is 388. The molecule has 1 aliphatic carbocycles. The molecule has 1 heterocycles. The summed E-state index contributed by atoms with van der Waals surface area (Å²) >= 11 is 0. The van der Waals surface area contributed by atoms with Crippen LogP contribution in [-0.4, -0.2) is 12.9 Å². The topological polar surface area (TPSA) is 18.5 Å². The van der Waals surface area contributed by atoms with Crippen molar-refractivity contribution in [3.8, 4) is 0 Å². The predicted molar refractivity (Wildman–Crippen MR) is 57.5 cm³/mol. The Labute approximate surface area is 90.2 Å². The van der Waals surface area contributed by atoms with E-state index in [4.69, 9.17) is 9.47 Å². The molecule has 2 nitrogen and oxygen atoms in total. The fourth-order valence-corrected chi connectivity index (χ4v) is 2.76. The van der Waals surface area contributed by atoms with Gasteiger partial charge in [-0.2, -0.15) is 0 Å². The summed E-state index contributed by atoms with van der Waals surface area (Å²) in [5.74, 6) is 0. The summed E-state index contributed by atoms with van der Waals surface area (Å²) in [6.07, 6.45) is 1.22. The van der Waals surface area contributed by atoms with Crippen LogP contribution in [0.5, 0.6) is 0 Å². The maximum absolute atomic E-state index is 5.92. The summed E-state index contributed by atoms with van der Waals surface area (Å²) in [7, 11) is 0. The van der Waals surface area contributed by atoms with Crippen LogP contribution in [0, 0.1) is 5.41 Å². The SMILES string of the molecule is CC1OCC2(C)Cc3ccccc3C2O1. The van der Waals surface area contributed by atoms with Crippen molar-refractivity contribution < 1.29 is 9.47 Å². The second-order valence-electron chi connectivity index (χ2n) is 4.92. The van der Waals surface area contributed by atoms with Gasteiger partial charge in [-0.1, -0.05) is 31.2 Å². The molecular formula is C13H16O2. The maximum atomic E-state index is 5.92. The van der Waals surface area contributed by atoms with Gasteiger partial charge in [0.05, 0.1) is 12.7 Å². The highest BCUT2D eigenvalue weighted by molar-refractivity contribution is 5.37. The predicted octanol–water partition coefficient (Wildman–Crippen LogP) is 2.68. The number of benzene rings is 1. The fraction of sp³-hybridized carbons (Fsp3) is 0.538. The Hall–Kier alpha value is -0.860. The van der Waals surface area contributed by atoms with E-state index in [1.54, 1.807) is 0 Å². The van der Waals surface area contributed by atoms with Crippen LogP contribution in [0.15, 0.2) is 24.3 Å². The molecular weight excluding hydrogens is 188 g/mol. The molecule has 2 heteroatoms. The molecule has 0 saturated carbocycles. The zero-order valence-electron chi connectivity index (χ0n) is 9.19. The molecule has 3 atom stereocenters. The van der Waals surface area contributed by atoms with E-state index in [2.05, 4.69) is 31.2 Å². The Kier molecular flexibility index (Phi) is 1.91. The Morgan fingerprint density at radius 3 is 3.00 bits per heavy atom. The van der Waals surface area contributed by atoms with E-state index < -0.39 is 0 Å². The highest BCUT2D eigenvalue weighted by Crippen LogP contribution is 2.50. The lowest BCUT2D eigenvalue weighted by molar-refractivity contribution is -0.253. The van der Waals surface area contributed by atoms with E-state index >= 15 is 0 Å². The molecule has 1 aliphatic heterocycles. The van der Waals surface area contributed by atoms with Crippen molar-refractivity contribution in [2.24, 2.45) is 5.41 Å². The number of hydrogen-bond acceptors (Lipinski definition) is 2. The van der Waals surface area contributed by atoms with Crippen molar-refractivity contribution >= 4 is 0 Å². The number of fused-ring (bicyclic) bond motifs is 3. The van der Waals surface area contributed by atoms with E-state index in [1.165, 1.54) is 11.1 Å². The summed E-state index contributed by atoms with van der Waals surface area (Å²) in [6.45, 7) is 5.03. The van der Waals surface area contributed by atoms with Crippen LogP contribution in [0.25, 0.3) is 0 Å². The van der Waals surface area contributed by atoms with E-state index in [0.29, 0.717) is 0 Å². The van der Waals surface area contributed by atoms with Crippen molar-refractivity contribution in [3.63, 3.8) is 0 Å². The second kappa shape index (κ2) is 3.06. The summed E-state index contributed by atoms with van der Waals surface area (Å²) < 4.78 is 11.5. The lowest BCUT2D eigenvalue weighted by atomic mass is 9.85. The molecule has 80 valence electrons. The van der Waals surface area contributed by atoms with Gasteiger partial charge in [-0.15, -0.1) is 0 Å². The molecule has 3 rings (SSSR count). The zero-order valence-corrected chi connectivity index (χ0v) is 9.19. The lowest BCUT2D eigenvalue weighted by Gasteiger charge is -2.39. The number of rotatable bonds is 0. The third-order valence-electron chi connectivity index (χ3n) is 3.54. The van der Waals surface area contributed by atoms with E-state index in [0.717, 1.165) is 13.0 Å². The molecule has 15 heavy (non-hydrogen) atoms. The van der Waals surface area contributed by atoms with Crippen LogP contribution in [0.1, 0.15) is 31.1 Å². The maximum Gasteiger partial charge on any atom is 0.155 e. The van der Waals surface area contributed by atoms with Gasteiger partial charge in [0.25, 0.3) is 0 Å². The monoisotopic (exact) mass is 204 g/mol. The molecule has 3 unspecified atom stereocenters. The first-order valence-corrected chi connectivity index (χ1v) is 5.54. The van der Waals surface area contributed by atoms with Crippen LogP contribution >= 0.6 is 0 Å².